The van der Waals surface area contributed by atoms with Gasteiger partial charge in [0.25, 0.3) is 5.56 Å². The van der Waals surface area contributed by atoms with Crippen LogP contribution in [0, 0.1) is 12.7 Å². The number of benzene rings is 1. The summed E-state index contributed by atoms with van der Waals surface area (Å²) >= 11 is 1.38. The lowest BCUT2D eigenvalue weighted by Gasteiger charge is -2.22. The van der Waals surface area contributed by atoms with Crippen molar-refractivity contribution in [2.75, 3.05) is 11.4 Å². The zero-order valence-electron chi connectivity index (χ0n) is 16.8. The van der Waals surface area contributed by atoms with Gasteiger partial charge >= 0.3 is 0 Å². The van der Waals surface area contributed by atoms with Crippen LogP contribution in [0.2, 0.25) is 0 Å². The molecule has 0 amide bonds. The number of Topliss-reactive ketones (excluding diaryl/α,β-unsaturated/α-hetero) is 1. The maximum absolute atomic E-state index is 13.9. The number of aryl methyl sites for hydroxylation is 2. The number of fused-ring (bicyclic) bond motifs is 1. The topological polar surface area (TPSA) is 68.1 Å². The number of carbonyl (C=O) groups is 1. The van der Waals surface area contributed by atoms with Gasteiger partial charge in [0.2, 0.25) is 0 Å². The number of aromatic nitrogens is 3. The second kappa shape index (κ2) is 7.58. The summed E-state index contributed by atoms with van der Waals surface area (Å²) in [4.78, 5) is 37.7. The zero-order chi connectivity index (χ0) is 20.8. The predicted molar refractivity (Wildman–Crippen MR) is 115 cm³/mol. The van der Waals surface area contributed by atoms with Crippen molar-refractivity contribution < 1.29 is 9.18 Å². The summed E-state index contributed by atoms with van der Waals surface area (Å²) in [6.45, 7) is 2.59. The van der Waals surface area contributed by atoms with Crippen molar-refractivity contribution in [2.24, 2.45) is 0 Å². The first-order chi connectivity index (χ1) is 14.5. The molecule has 6 nitrogen and oxygen atoms in total. The van der Waals surface area contributed by atoms with Gasteiger partial charge in [0.1, 0.15) is 11.6 Å². The van der Waals surface area contributed by atoms with Crippen LogP contribution in [0.1, 0.15) is 49.5 Å². The van der Waals surface area contributed by atoms with Crippen LogP contribution in [0.4, 0.5) is 9.52 Å². The van der Waals surface area contributed by atoms with E-state index in [1.165, 1.54) is 17.4 Å². The van der Waals surface area contributed by atoms with Crippen molar-refractivity contribution >= 4 is 32.6 Å². The van der Waals surface area contributed by atoms with Gasteiger partial charge in [-0.15, -0.1) is 0 Å². The smallest absolute Gasteiger partial charge is 0.281 e. The van der Waals surface area contributed by atoms with Gasteiger partial charge in [0, 0.05) is 19.0 Å². The van der Waals surface area contributed by atoms with Crippen LogP contribution in [0.5, 0.6) is 0 Å². The number of carbonyl (C=O) groups excluding carboxylic acids is 1. The van der Waals surface area contributed by atoms with Gasteiger partial charge < -0.3 is 4.90 Å². The molecule has 1 saturated heterocycles. The van der Waals surface area contributed by atoms with Crippen LogP contribution in [0.3, 0.4) is 0 Å². The largest absolute Gasteiger partial charge is 0.338 e. The highest BCUT2D eigenvalue weighted by molar-refractivity contribution is 7.21. The highest BCUT2D eigenvalue weighted by Gasteiger charge is 2.33. The number of anilines is 1. The van der Waals surface area contributed by atoms with Gasteiger partial charge in [0.15, 0.2) is 21.3 Å². The summed E-state index contributed by atoms with van der Waals surface area (Å²) in [5, 5.41) is 0.685. The fourth-order valence-corrected chi connectivity index (χ4v) is 5.37. The van der Waals surface area contributed by atoms with Crippen LogP contribution >= 0.6 is 11.3 Å². The monoisotopic (exact) mass is 426 g/mol. The van der Waals surface area contributed by atoms with Crippen LogP contribution in [0.25, 0.3) is 10.3 Å². The summed E-state index contributed by atoms with van der Waals surface area (Å²) in [5.41, 5.74) is 0.886. The third-order valence-corrected chi connectivity index (χ3v) is 7.00. The van der Waals surface area contributed by atoms with Gasteiger partial charge in [-0.2, -0.15) is 0 Å². The van der Waals surface area contributed by atoms with Crippen molar-refractivity contribution in [2.45, 2.75) is 57.5 Å². The van der Waals surface area contributed by atoms with E-state index in [2.05, 4.69) is 9.97 Å². The Balaban J connectivity index is 1.38. The Kier molecular flexibility index (Phi) is 4.89. The van der Waals surface area contributed by atoms with E-state index >= 15 is 0 Å². The van der Waals surface area contributed by atoms with Crippen molar-refractivity contribution in [3.8, 4) is 0 Å². The number of hydrogen-bond donors (Lipinski definition) is 0. The minimum atomic E-state index is -0.274. The molecule has 3 heterocycles. The average molecular weight is 427 g/mol. The first kappa shape index (κ1) is 19.4. The van der Waals surface area contributed by atoms with Gasteiger partial charge in [0.05, 0.1) is 6.04 Å². The molecule has 3 aromatic rings. The molecule has 1 atom stereocenters. The molecule has 8 heteroatoms. The van der Waals surface area contributed by atoms with Crippen molar-refractivity contribution in [3.63, 3.8) is 0 Å². The summed E-state index contributed by atoms with van der Waals surface area (Å²) < 4.78 is 15.6. The lowest BCUT2D eigenvalue weighted by Crippen LogP contribution is -2.36. The first-order valence-corrected chi connectivity index (χ1v) is 11.3. The minimum Gasteiger partial charge on any atom is -0.338 e. The normalized spacial score (nSPS) is 19.0. The Bertz CT molecular complexity index is 1180. The van der Waals surface area contributed by atoms with E-state index in [4.69, 9.17) is 0 Å². The van der Waals surface area contributed by atoms with Crippen molar-refractivity contribution in [1.82, 2.24) is 14.5 Å². The van der Waals surface area contributed by atoms with Crippen LogP contribution in [-0.4, -0.2) is 32.9 Å². The Hall–Kier alpha value is -2.61. The fourth-order valence-electron chi connectivity index (χ4n) is 4.32. The van der Waals surface area contributed by atoms with E-state index in [1.54, 1.807) is 22.8 Å². The molecule has 5 rings (SSSR count). The third kappa shape index (κ3) is 3.43. The Labute approximate surface area is 177 Å². The summed E-state index contributed by atoms with van der Waals surface area (Å²) in [6, 6.07) is 6.56. The molecule has 1 aliphatic carbocycles. The van der Waals surface area contributed by atoms with Crippen molar-refractivity contribution in [1.29, 1.82) is 0 Å². The number of rotatable bonds is 6. The summed E-state index contributed by atoms with van der Waals surface area (Å²) in [5.74, 6) is 0.548. The molecule has 1 aromatic carbocycles. The number of thiazole rings is 1. The molecular weight excluding hydrogens is 403 g/mol. The zero-order valence-corrected chi connectivity index (χ0v) is 17.6. The third-order valence-electron chi connectivity index (χ3n) is 6.01. The van der Waals surface area contributed by atoms with Crippen molar-refractivity contribution in [3.05, 3.63) is 51.8 Å². The molecular formula is C22H23FN4O2S. The Morgan fingerprint density at radius 1 is 1.23 bits per heavy atom. The van der Waals surface area contributed by atoms with Gasteiger partial charge in [-0.3, -0.25) is 14.2 Å². The Morgan fingerprint density at radius 3 is 2.80 bits per heavy atom. The quantitative estimate of drug-likeness (QED) is 0.600. The molecule has 0 unspecified atom stereocenters. The average Bonchev–Trinajstić information content (AvgIpc) is 3.26. The lowest BCUT2D eigenvalue weighted by atomic mass is 10.0. The highest BCUT2D eigenvalue weighted by atomic mass is 32.1. The first-order valence-electron chi connectivity index (χ1n) is 10.5. The maximum Gasteiger partial charge on any atom is 0.281 e. The maximum atomic E-state index is 13.9. The summed E-state index contributed by atoms with van der Waals surface area (Å²) in [7, 11) is 0. The Morgan fingerprint density at radius 2 is 2.03 bits per heavy atom. The number of nitrogens with zero attached hydrogens (tertiary/aromatic N) is 4. The molecule has 0 bridgehead atoms. The predicted octanol–water partition coefficient (Wildman–Crippen LogP) is 3.81. The molecule has 2 fully saturated rings. The van der Waals surface area contributed by atoms with Crippen LogP contribution in [0.15, 0.2) is 29.1 Å². The SMILES string of the molecule is Cc1nc2sc(N3CCC[C@@H]3C(=O)CCc3ccccc3F)nc2c(=O)n1C1CC1. The van der Waals surface area contributed by atoms with Crippen LogP contribution in [-0.2, 0) is 11.2 Å². The molecule has 156 valence electrons. The molecule has 0 spiro atoms. The number of halogens is 1. The molecule has 1 saturated carbocycles. The van der Waals surface area contributed by atoms with E-state index in [-0.39, 0.29) is 29.2 Å². The van der Waals surface area contributed by atoms with E-state index in [1.807, 2.05) is 11.8 Å². The van der Waals surface area contributed by atoms with E-state index in [0.29, 0.717) is 33.9 Å². The second-order valence-electron chi connectivity index (χ2n) is 8.12. The molecule has 0 radical (unpaired) electrons. The molecule has 30 heavy (non-hydrogen) atoms. The van der Waals surface area contributed by atoms with E-state index < -0.39 is 0 Å². The number of ketones is 1. The number of hydrogen-bond acceptors (Lipinski definition) is 6. The fraction of sp³-hybridized carbons (Fsp3) is 0.455. The second-order valence-corrected chi connectivity index (χ2v) is 9.08. The van der Waals surface area contributed by atoms with E-state index in [0.717, 1.165) is 38.1 Å². The molecule has 0 N–H and O–H groups in total. The standard InChI is InChI=1S/C22H23FN4O2S/c1-13-24-20-19(21(29)27(13)15-9-10-15)25-22(30-20)26-12-4-7-17(26)18(28)11-8-14-5-2-3-6-16(14)23/h2-3,5-6,15,17H,4,7-12H2,1H3/t17-/m1/s1. The molecule has 2 aromatic heterocycles. The van der Waals surface area contributed by atoms with E-state index in [9.17, 15) is 14.0 Å². The highest BCUT2D eigenvalue weighted by Crippen LogP contribution is 2.36. The molecule has 2 aliphatic rings. The van der Waals surface area contributed by atoms with Crippen LogP contribution < -0.4 is 10.5 Å². The van der Waals surface area contributed by atoms with Gasteiger partial charge in [-0.25, -0.2) is 14.4 Å². The van der Waals surface area contributed by atoms with Gasteiger partial charge in [-0.1, -0.05) is 29.5 Å². The summed E-state index contributed by atoms with van der Waals surface area (Å²) in [6.07, 6.45) is 4.35. The minimum absolute atomic E-state index is 0.0795. The van der Waals surface area contributed by atoms with Gasteiger partial charge in [-0.05, 0) is 50.7 Å². The molecule has 1 aliphatic heterocycles. The lowest BCUT2D eigenvalue weighted by molar-refractivity contribution is -0.120.